The Balaban J connectivity index is 1.48. The number of ether oxygens (including phenoxy) is 2. The molecule has 3 aliphatic heterocycles. The summed E-state index contributed by atoms with van der Waals surface area (Å²) in [4.78, 5) is 28.6. The third-order valence-corrected chi connectivity index (χ3v) is 8.61. The predicted molar refractivity (Wildman–Crippen MR) is 126 cm³/mol. The highest BCUT2D eigenvalue weighted by molar-refractivity contribution is 8.06. The smallest absolute Gasteiger partial charge is 0.356 e. The zero-order valence-electron chi connectivity index (χ0n) is 17.4. The Labute approximate surface area is 195 Å². The molecule has 2 N–H and O–H groups in total. The van der Waals surface area contributed by atoms with E-state index in [1.54, 1.807) is 23.5 Å². The van der Waals surface area contributed by atoms with Gasteiger partial charge in [-0.05, 0) is 17.5 Å². The summed E-state index contributed by atoms with van der Waals surface area (Å²) in [6.45, 7) is 1.37. The molecule has 8 heteroatoms. The molecule has 2 fully saturated rings. The van der Waals surface area contributed by atoms with Crippen molar-refractivity contribution in [2.45, 2.75) is 29.2 Å². The second-order valence-electron chi connectivity index (χ2n) is 7.92. The highest BCUT2D eigenvalue weighted by atomic mass is 32.2. The highest BCUT2D eigenvalue weighted by Gasteiger charge is 2.52. The number of amides is 1. The summed E-state index contributed by atoms with van der Waals surface area (Å²) in [5.74, 6) is -0.0877. The van der Waals surface area contributed by atoms with E-state index in [2.05, 4.69) is 0 Å². The first-order valence-electron chi connectivity index (χ1n) is 10.6. The number of β-lactam (4-membered cyclic amide) rings is 1. The lowest BCUT2D eigenvalue weighted by Crippen LogP contribution is -2.68. The summed E-state index contributed by atoms with van der Waals surface area (Å²) < 4.78 is 11.6. The molecule has 2 aromatic rings. The van der Waals surface area contributed by atoms with E-state index < -0.39 is 18.1 Å². The van der Waals surface area contributed by atoms with E-state index in [4.69, 9.17) is 15.2 Å². The van der Waals surface area contributed by atoms with Crippen LogP contribution < -0.4 is 5.73 Å². The van der Waals surface area contributed by atoms with Gasteiger partial charge in [-0.15, -0.1) is 23.5 Å². The molecule has 32 heavy (non-hydrogen) atoms. The fraction of sp³-hybridized carbons (Fsp3) is 0.333. The van der Waals surface area contributed by atoms with Gasteiger partial charge in [0.2, 0.25) is 5.91 Å². The third kappa shape index (κ3) is 4.08. The van der Waals surface area contributed by atoms with Gasteiger partial charge < -0.3 is 15.2 Å². The number of nitrogens with two attached hydrogens (primary N) is 1. The van der Waals surface area contributed by atoms with Crippen molar-refractivity contribution in [2.24, 2.45) is 5.73 Å². The summed E-state index contributed by atoms with van der Waals surface area (Å²) in [7, 11) is 0. The molecule has 2 unspecified atom stereocenters. The van der Waals surface area contributed by atoms with Gasteiger partial charge in [-0.3, -0.25) is 9.69 Å². The van der Waals surface area contributed by atoms with Gasteiger partial charge in [0, 0.05) is 22.5 Å². The molecule has 166 valence electrons. The molecular weight excluding hydrogens is 444 g/mol. The molecule has 2 aromatic carbocycles. The number of carbonyl (C=O) groups is 2. The van der Waals surface area contributed by atoms with Crippen LogP contribution >= 0.6 is 23.5 Å². The molecular formula is C24H24N2O4S2. The lowest BCUT2D eigenvalue weighted by atomic mass is 10.0. The Kier molecular flexibility index (Phi) is 6.28. The van der Waals surface area contributed by atoms with Crippen LogP contribution in [0.1, 0.15) is 23.7 Å². The fourth-order valence-corrected chi connectivity index (χ4v) is 6.81. The number of nitrogens with zero attached hydrogens (tertiary/aromatic N) is 1. The van der Waals surface area contributed by atoms with Gasteiger partial charge in [0.15, 0.2) is 6.10 Å². The van der Waals surface area contributed by atoms with Crippen molar-refractivity contribution in [3.8, 4) is 0 Å². The molecule has 0 saturated carbocycles. The number of esters is 1. The van der Waals surface area contributed by atoms with Crippen LogP contribution in [0.3, 0.4) is 0 Å². The summed E-state index contributed by atoms with van der Waals surface area (Å²) in [6, 6.07) is 18.7. The molecule has 0 aromatic heterocycles. The summed E-state index contributed by atoms with van der Waals surface area (Å²) in [6.07, 6.45) is 0.353. The van der Waals surface area contributed by atoms with Gasteiger partial charge in [-0.1, -0.05) is 60.7 Å². The van der Waals surface area contributed by atoms with Crippen molar-refractivity contribution in [1.82, 2.24) is 4.90 Å². The molecule has 3 heterocycles. The van der Waals surface area contributed by atoms with Crippen LogP contribution in [0, 0.1) is 0 Å². The summed E-state index contributed by atoms with van der Waals surface area (Å²) in [5, 5.41) is 0.0511. The maximum atomic E-state index is 13.6. The third-order valence-electron chi connectivity index (χ3n) is 5.79. The van der Waals surface area contributed by atoms with Crippen LogP contribution in [0.4, 0.5) is 0 Å². The molecule has 5 rings (SSSR count). The van der Waals surface area contributed by atoms with Gasteiger partial charge in [-0.2, -0.15) is 0 Å². The Morgan fingerprint density at radius 3 is 2.38 bits per heavy atom. The Morgan fingerprint density at radius 1 is 1.12 bits per heavy atom. The van der Waals surface area contributed by atoms with E-state index >= 15 is 0 Å². The number of fused-ring (bicyclic) bond motifs is 1. The molecule has 0 radical (unpaired) electrons. The topological polar surface area (TPSA) is 81.9 Å². The van der Waals surface area contributed by atoms with Crippen LogP contribution in [0.5, 0.6) is 0 Å². The van der Waals surface area contributed by atoms with Gasteiger partial charge in [0.1, 0.15) is 17.1 Å². The first-order valence-corrected chi connectivity index (χ1v) is 12.5. The van der Waals surface area contributed by atoms with Gasteiger partial charge in [-0.25, -0.2) is 4.79 Å². The highest BCUT2D eigenvalue weighted by Crippen LogP contribution is 2.45. The standard InChI is InChI=1S/C24H24N2O4S2/c25-19-22(27)26-20(18(14-31-23(19)26)32-17-11-12-29-13-17)24(28)30-21(15-7-3-1-4-8-15)16-9-5-2-6-10-16/h1-10,17,19,21,23H,11-14,25H2/t17?,19?,23-/m0/s1. The minimum absolute atomic E-state index is 0.221. The molecule has 6 nitrogen and oxygen atoms in total. The van der Waals surface area contributed by atoms with Crippen molar-refractivity contribution in [2.75, 3.05) is 19.0 Å². The largest absolute Gasteiger partial charge is 0.448 e. The maximum Gasteiger partial charge on any atom is 0.356 e. The number of benzene rings is 2. The maximum absolute atomic E-state index is 13.6. The Hall–Kier alpha value is -2.26. The number of thioether (sulfide) groups is 2. The summed E-state index contributed by atoms with van der Waals surface area (Å²) >= 11 is 3.23. The van der Waals surface area contributed by atoms with Gasteiger partial charge in [0.25, 0.3) is 0 Å². The number of rotatable bonds is 6. The molecule has 1 amide bonds. The SMILES string of the molecule is NC1C(=O)N2C(C(=O)OC(c3ccccc3)c3ccccc3)=C(SC3CCOC3)CS[C@@H]12. The van der Waals surface area contributed by atoms with E-state index in [9.17, 15) is 9.59 Å². The average Bonchev–Trinajstić information content (AvgIpc) is 3.36. The van der Waals surface area contributed by atoms with E-state index in [0.717, 1.165) is 29.1 Å². The second kappa shape index (κ2) is 9.31. The van der Waals surface area contributed by atoms with Crippen molar-refractivity contribution in [1.29, 1.82) is 0 Å². The molecule has 0 bridgehead atoms. The van der Waals surface area contributed by atoms with Crippen molar-refractivity contribution in [3.63, 3.8) is 0 Å². The zero-order valence-corrected chi connectivity index (χ0v) is 19.0. The molecule has 2 saturated heterocycles. The zero-order chi connectivity index (χ0) is 22.1. The van der Waals surface area contributed by atoms with E-state index in [1.807, 2.05) is 60.7 Å². The van der Waals surface area contributed by atoms with Crippen LogP contribution in [0.2, 0.25) is 0 Å². The molecule has 0 aliphatic carbocycles. The molecule has 0 spiro atoms. The first kappa shape index (κ1) is 21.6. The van der Waals surface area contributed by atoms with E-state index in [0.29, 0.717) is 18.1 Å². The normalized spacial score (nSPS) is 25.0. The van der Waals surface area contributed by atoms with Crippen LogP contribution in [0.15, 0.2) is 71.3 Å². The van der Waals surface area contributed by atoms with Crippen LogP contribution in [0.25, 0.3) is 0 Å². The second-order valence-corrected chi connectivity index (χ2v) is 10.4. The van der Waals surface area contributed by atoms with E-state index in [1.165, 1.54) is 4.90 Å². The molecule has 3 atom stereocenters. The Bertz CT molecular complexity index is 985. The first-order chi connectivity index (χ1) is 15.6. The summed E-state index contributed by atoms with van der Waals surface area (Å²) in [5.41, 5.74) is 8.11. The van der Waals surface area contributed by atoms with Crippen molar-refractivity contribution in [3.05, 3.63) is 82.4 Å². The van der Waals surface area contributed by atoms with Gasteiger partial charge >= 0.3 is 5.97 Å². The Morgan fingerprint density at radius 2 is 1.78 bits per heavy atom. The van der Waals surface area contributed by atoms with Crippen LogP contribution in [-0.4, -0.2) is 52.4 Å². The number of carbonyl (C=O) groups excluding carboxylic acids is 2. The lowest BCUT2D eigenvalue weighted by Gasteiger charge is -2.48. The van der Waals surface area contributed by atoms with Crippen molar-refractivity contribution >= 4 is 35.4 Å². The van der Waals surface area contributed by atoms with Gasteiger partial charge in [0.05, 0.1) is 6.61 Å². The van der Waals surface area contributed by atoms with Crippen LogP contribution in [-0.2, 0) is 19.1 Å². The minimum Gasteiger partial charge on any atom is -0.448 e. The van der Waals surface area contributed by atoms with E-state index in [-0.39, 0.29) is 16.5 Å². The number of hydrogen-bond acceptors (Lipinski definition) is 7. The fourth-order valence-electron chi connectivity index (χ4n) is 4.12. The predicted octanol–water partition coefficient (Wildman–Crippen LogP) is 3.30. The number of hydrogen-bond donors (Lipinski definition) is 1. The average molecular weight is 469 g/mol. The lowest BCUT2D eigenvalue weighted by molar-refractivity contribution is -0.152. The quantitative estimate of drug-likeness (QED) is 0.515. The monoisotopic (exact) mass is 468 g/mol. The molecule has 3 aliphatic rings. The minimum atomic E-state index is -0.580. The van der Waals surface area contributed by atoms with Crippen molar-refractivity contribution < 1.29 is 19.1 Å².